The lowest BCUT2D eigenvalue weighted by atomic mass is 10.1. The van der Waals surface area contributed by atoms with Crippen molar-refractivity contribution in [2.45, 2.75) is 52.2 Å². The lowest BCUT2D eigenvalue weighted by Gasteiger charge is -2.31. The van der Waals surface area contributed by atoms with E-state index in [1.54, 1.807) is 18.9 Å². The fourth-order valence-electron chi connectivity index (χ4n) is 2.91. The summed E-state index contributed by atoms with van der Waals surface area (Å²) in [6.07, 6.45) is 0.213. The molecule has 1 N–H and O–H groups in total. The van der Waals surface area contributed by atoms with Crippen LogP contribution in [0.1, 0.15) is 38.8 Å². The predicted molar refractivity (Wildman–Crippen MR) is 119 cm³/mol. The van der Waals surface area contributed by atoms with E-state index < -0.39 is 6.04 Å². The number of halogens is 1. The van der Waals surface area contributed by atoms with Crippen molar-refractivity contribution < 1.29 is 14.3 Å². The van der Waals surface area contributed by atoms with Crippen molar-refractivity contribution in [2.75, 3.05) is 7.11 Å². The molecule has 0 aliphatic heterocycles. The molecule has 0 radical (unpaired) electrons. The van der Waals surface area contributed by atoms with E-state index in [-0.39, 0.29) is 23.8 Å². The quantitative estimate of drug-likeness (QED) is 0.668. The number of rotatable bonds is 7. The summed E-state index contributed by atoms with van der Waals surface area (Å²) in [5.74, 6) is 0.465. The molecular weight excluding hydrogens is 432 g/mol. The Kier molecular flexibility index (Phi) is 7.85. The smallest absolute Gasteiger partial charge is 0.242 e. The molecule has 0 aliphatic rings. The minimum Gasteiger partial charge on any atom is -0.497 e. The first kappa shape index (κ1) is 22.9. The van der Waals surface area contributed by atoms with Gasteiger partial charge in [-0.05, 0) is 63.1 Å². The second-order valence-electron chi connectivity index (χ2n) is 8.09. The molecule has 5 nitrogen and oxygen atoms in total. The zero-order valence-corrected chi connectivity index (χ0v) is 19.2. The van der Waals surface area contributed by atoms with Gasteiger partial charge in [0.25, 0.3) is 0 Å². The lowest BCUT2D eigenvalue weighted by Crippen LogP contribution is -2.52. The molecule has 0 saturated carbocycles. The first-order valence-electron chi connectivity index (χ1n) is 9.58. The number of carbonyl (C=O) groups is 2. The number of nitrogens with zero attached hydrogens (tertiary/aromatic N) is 1. The summed E-state index contributed by atoms with van der Waals surface area (Å²) in [5.41, 5.74) is 1.46. The van der Waals surface area contributed by atoms with Gasteiger partial charge in [0.2, 0.25) is 11.8 Å². The van der Waals surface area contributed by atoms with Gasteiger partial charge >= 0.3 is 0 Å². The van der Waals surface area contributed by atoms with Gasteiger partial charge in [0.15, 0.2) is 0 Å². The fraction of sp³-hybridized carbons (Fsp3) is 0.391. The number of nitrogens with one attached hydrogen (secondary N) is 1. The number of amides is 2. The highest BCUT2D eigenvalue weighted by Gasteiger charge is 2.28. The van der Waals surface area contributed by atoms with Gasteiger partial charge in [-0.2, -0.15) is 0 Å². The maximum atomic E-state index is 13.2. The second-order valence-corrected chi connectivity index (χ2v) is 9.01. The van der Waals surface area contributed by atoms with Crippen LogP contribution in [0, 0.1) is 0 Å². The summed E-state index contributed by atoms with van der Waals surface area (Å²) < 4.78 is 6.11. The molecule has 2 aromatic rings. The summed E-state index contributed by atoms with van der Waals surface area (Å²) in [6, 6.07) is 14.6. The topological polar surface area (TPSA) is 58.6 Å². The molecule has 1 atom stereocenters. The average Bonchev–Trinajstić information content (AvgIpc) is 2.65. The molecular formula is C23H29BrN2O3. The molecule has 0 heterocycles. The minimum absolute atomic E-state index is 0.105. The van der Waals surface area contributed by atoms with Crippen molar-refractivity contribution in [1.82, 2.24) is 10.2 Å². The zero-order valence-electron chi connectivity index (χ0n) is 17.7. The van der Waals surface area contributed by atoms with Gasteiger partial charge in [-0.15, -0.1) is 0 Å². The fourth-order valence-corrected chi connectivity index (χ4v) is 3.35. The Hall–Kier alpha value is -2.34. The Balaban J connectivity index is 2.24. The van der Waals surface area contributed by atoms with Crippen molar-refractivity contribution in [1.29, 1.82) is 0 Å². The summed E-state index contributed by atoms with van der Waals surface area (Å²) >= 11 is 3.47. The number of hydrogen-bond acceptors (Lipinski definition) is 3. The van der Waals surface area contributed by atoms with E-state index in [1.165, 1.54) is 0 Å². The molecule has 0 aliphatic carbocycles. The standard InChI is InChI=1S/C23H29BrN2O3/c1-16(22(28)25-23(2,3)4)26(15-18-7-6-8-19(24)13-18)21(27)14-17-9-11-20(29-5)12-10-17/h6-13,16H,14-15H2,1-5H3,(H,25,28)/t16-/m1/s1. The monoisotopic (exact) mass is 460 g/mol. The van der Waals surface area contributed by atoms with E-state index >= 15 is 0 Å². The third kappa shape index (κ3) is 7.20. The summed E-state index contributed by atoms with van der Waals surface area (Å²) in [7, 11) is 1.61. The van der Waals surface area contributed by atoms with Crippen LogP contribution in [-0.2, 0) is 22.6 Å². The van der Waals surface area contributed by atoms with Crippen LogP contribution in [0.3, 0.4) is 0 Å². The third-order valence-electron chi connectivity index (χ3n) is 4.42. The van der Waals surface area contributed by atoms with E-state index in [1.807, 2.05) is 69.3 Å². The number of benzene rings is 2. The molecule has 6 heteroatoms. The van der Waals surface area contributed by atoms with Crippen molar-refractivity contribution in [3.8, 4) is 5.75 Å². The zero-order chi connectivity index (χ0) is 21.6. The average molecular weight is 461 g/mol. The maximum absolute atomic E-state index is 13.2. The summed E-state index contributed by atoms with van der Waals surface area (Å²) in [6.45, 7) is 7.90. The van der Waals surface area contributed by atoms with E-state index in [4.69, 9.17) is 4.74 Å². The number of ether oxygens (including phenoxy) is 1. The van der Waals surface area contributed by atoms with Crippen LogP contribution in [0.2, 0.25) is 0 Å². The van der Waals surface area contributed by atoms with Crippen molar-refractivity contribution in [3.05, 3.63) is 64.1 Å². The van der Waals surface area contributed by atoms with Crippen molar-refractivity contribution >= 4 is 27.7 Å². The van der Waals surface area contributed by atoms with Crippen LogP contribution >= 0.6 is 15.9 Å². The Morgan fingerprint density at radius 2 is 1.76 bits per heavy atom. The van der Waals surface area contributed by atoms with Gasteiger partial charge in [0.1, 0.15) is 11.8 Å². The number of hydrogen-bond donors (Lipinski definition) is 1. The van der Waals surface area contributed by atoms with Gasteiger partial charge in [-0.3, -0.25) is 9.59 Å². The Labute approximate surface area is 181 Å². The first-order chi connectivity index (χ1) is 13.6. The Bertz CT molecular complexity index is 844. The van der Waals surface area contributed by atoms with Crippen LogP contribution in [0.4, 0.5) is 0 Å². The highest BCUT2D eigenvalue weighted by atomic mass is 79.9. The molecule has 2 amide bonds. The van der Waals surface area contributed by atoms with E-state index in [9.17, 15) is 9.59 Å². The molecule has 0 spiro atoms. The van der Waals surface area contributed by atoms with Gasteiger partial charge < -0.3 is 15.0 Å². The van der Waals surface area contributed by atoms with Crippen LogP contribution < -0.4 is 10.1 Å². The number of carbonyl (C=O) groups excluding carboxylic acids is 2. The van der Waals surface area contributed by atoms with Crippen molar-refractivity contribution in [3.63, 3.8) is 0 Å². The van der Waals surface area contributed by atoms with Gasteiger partial charge in [-0.1, -0.05) is 40.2 Å². The van der Waals surface area contributed by atoms with Gasteiger partial charge in [0, 0.05) is 16.6 Å². The van der Waals surface area contributed by atoms with Crippen LogP contribution in [0.25, 0.3) is 0 Å². The maximum Gasteiger partial charge on any atom is 0.242 e. The van der Waals surface area contributed by atoms with Crippen LogP contribution in [0.15, 0.2) is 53.0 Å². The van der Waals surface area contributed by atoms with E-state index in [0.717, 1.165) is 21.3 Å². The Morgan fingerprint density at radius 1 is 1.10 bits per heavy atom. The van der Waals surface area contributed by atoms with Crippen molar-refractivity contribution in [2.24, 2.45) is 0 Å². The molecule has 2 rings (SSSR count). The molecule has 29 heavy (non-hydrogen) atoms. The predicted octanol–water partition coefficient (Wildman–Crippen LogP) is 4.33. The van der Waals surface area contributed by atoms with Gasteiger partial charge in [-0.25, -0.2) is 0 Å². The van der Waals surface area contributed by atoms with E-state index in [2.05, 4.69) is 21.2 Å². The van der Waals surface area contributed by atoms with Crippen LogP contribution in [0.5, 0.6) is 5.75 Å². The van der Waals surface area contributed by atoms with Gasteiger partial charge in [0.05, 0.1) is 13.5 Å². The molecule has 0 aromatic heterocycles. The van der Waals surface area contributed by atoms with Crippen LogP contribution in [-0.4, -0.2) is 35.4 Å². The Morgan fingerprint density at radius 3 is 2.31 bits per heavy atom. The lowest BCUT2D eigenvalue weighted by molar-refractivity contribution is -0.140. The highest BCUT2D eigenvalue weighted by Crippen LogP contribution is 2.18. The summed E-state index contributed by atoms with van der Waals surface area (Å²) in [4.78, 5) is 27.6. The molecule has 0 unspecified atom stereocenters. The molecule has 156 valence electrons. The third-order valence-corrected chi connectivity index (χ3v) is 4.92. The highest BCUT2D eigenvalue weighted by molar-refractivity contribution is 9.10. The second kappa shape index (κ2) is 9.92. The summed E-state index contributed by atoms with van der Waals surface area (Å²) in [5, 5.41) is 2.97. The number of methoxy groups -OCH3 is 1. The normalized spacial score (nSPS) is 12.2. The molecule has 0 bridgehead atoms. The first-order valence-corrected chi connectivity index (χ1v) is 10.4. The molecule has 0 fully saturated rings. The molecule has 0 saturated heterocycles. The SMILES string of the molecule is COc1ccc(CC(=O)N(Cc2cccc(Br)c2)[C@H](C)C(=O)NC(C)(C)C)cc1. The molecule has 2 aromatic carbocycles. The minimum atomic E-state index is -0.598. The van der Waals surface area contributed by atoms with E-state index in [0.29, 0.717) is 6.54 Å². The largest absolute Gasteiger partial charge is 0.497 e.